The van der Waals surface area contributed by atoms with Crippen LogP contribution in [-0.2, 0) is 0 Å². The van der Waals surface area contributed by atoms with Crippen molar-refractivity contribution in [2.24, 2.45) is 0 Å². The first-order valence-electron chi connectivity index (χ1n) is 7.99. The van der Waals surface area contributed by atoms with Crippen LogP contribution in [0.1, 0.15) is 37.1 Å². The van der Waals surface area contributed by atoms with E-state index in [0.29, 0.717) is 0 Å². The molecule has 0 aromatic heterocycles. The number of aromatic hydroxyl groups is 1. The zero-order chi connectivity index (χ0) is 16.4. The van der Waals surface area contributed by atoms with E-state index in [2.05, 4.69) is 19.1 Å². The molecule has 2 amide bonds. The summed E-state index contributed by atoms with van der Waals surface area (Å²) < 4.78 is 0. The topological polar surface area (TPSA) is 43.8 Å². The van der Waals surface area contributed by atoms with Crippen LogP contribution in [0.2, 0.25) is 0 Å². The molecule has 3 rings (SSSR count). The summed E-state index contributed by atoms with van der Waals surface area (Å²) in [5, 5.41) is 9.41. The monoisotopic (exact) mass is 310 g/mol. The maximum absolute atomic E-state index is 12.8. The lowest BCUT2D eigenvalue weighted by Gasteiger charge is -2.28. The number of hydrogen-bond donors (Lipinski definition) is 1. The molecule has 4 heteroatoms. The molecule has 0 unspecified atom stereocenters. The lowest BCUT2D eigenvalue weighted by Crippen LogP contribution is -2.35. The van der Waals surface area contributed by atoms with Crippen LogP contribution in [0.15, 0.2) is 54.6 Å². The van der Waals surface area contributed by atoms with Crippen molar-refractivity contribution in [3.05, 3.63) is 65.7 Å². The number of benzene rings is 2. The third-order valence-electron chi connectivity index (χ3n) is 4.67. The van der Waals surface area contributed by atoms with Gasteiger partial charge in [0.05, 0.1) is 12.1 Å². The third kappa shape index (κ3) is 3.02. The van der Waals surface area contributed by atoms with Crippen molar-refractivity contribution in [3.63, 3.8) is 0 Å². The predicted molar refractivity (Wildman–Crippen MR) is 90.2 cm³/mol. The van der Waals surface area contributed by atoms with E-state index in [0.717, 1.165) is 24.2 Å². The van der Waals surface area contributed by atoms with E-state index in [4.69, 9.17) is 0 Å². The van der Waals surface area contributed by atoms with Gasteiger partial charge in [-0.1, -0.05) is 42.5 Å². The molecule has 4 nitrogen and oxygen atoms in total. The van der Waals surface area contributed by atoms with Gasteiger partial charge in [0.25, 0.3) is 0 Å². The van der Waals surface area contributed by atoms with E-state index in [1.807, 2.05) is 47.1 Å². The Bertz CT molecular complexity index is 670. The molecule has 0 radical (unpaired) electrons. The summed E-state index contributed by atoms with van der Waals surface area (Å²) in [5.41, 5.74) is 2.19. The van der Waals surface area contributed by atoms with Gasteiger partial charge in [-0.3, -0.25) is 0 Å². The van der Waals surface area contributed by atoms with Crippen molar-refractivity contribution in [1.82, 2.24) is 9.80 Å². The number of phenolic OH excluding ortho intramolecular Hbond substituents is 1. The molecule has 1 fully saturated rings. The van der Waals surface area contributed by atoms with Crippen LogP contribution in [0, 0.1) is 0 Å². The zero-order valence-corrected chi connectivity index (χ0v) is 13.5. The van der Waals surface area contributed by atoms with Crippen molar-refractivity contribution >= 4 is 6.03 Å². The van der Waals surface area contributed by atoms with Crippen LogP contribution < -0.4 is 0 Å². The fourth-order valence-electron chi connectivity index (χ4n) is 3.13. The number of hydrogen-bond acceptors (Lipinski definition) is 2. The highest BCUT2D eigenvalue weighted by Crippen LogP contribution is 2.30. The Kier molecular flexibility index (Phi) is 4.24. The fraction of sp³-hybridized carbons (Fsp3) is 0.316. The molecule has 1 heterocycles. The second kappa shape index (κ2) is 6.32. The van der Waals surface area contributed by atoms with E-state index in [1.54, 1.807) is 12.1 Å². The van der Waals surface area contributed by atoms with Crippen LogP contribution in [0.3, 0.4) is 0 Å². The van der Waals surface area contributed by atoms with Gasteiger partial charge in [0.2, 0.25) is 0 Å². The molecule has 2 aromatic rings. The van der Waals surface area contributed by atoms with Gasteiger partial charge in [-0.2, -0.15) is 0 Å². The molecule has 0 bridgehead atoms. The minimum atomic E-state index is -0.00364. The van der Waals surface area contributed by atoms with Gasteiger partial charge in [-0.25, -0.2) is 4.79 Å². The Hall–Kier alpha value is -2.49. The smallest absolute Gasteiger partial charge is 0.321 e. The van der Waals surface area contributed by atoms with E-state index >= 15 is 0 Å². The summed E-state index contributed by atoms with van der Waals surface area (Å²) in [4.78, 5) is 16.6. The van der Waals surface area contributed by atoms with Gasteiger partial charge in [0.1, 0.15) is 5.75 Å². The van der Waals surface area contributed by atoms with Gasteiger partial charge < -0.3 is 14.9 Å². The number of amides is 2. The first-order chi connectivity index (χ1) is 11.1. The van der Waals surface area contributed by atoms with Gasteiger partial charge in [0.15, 0.2) is 0 Å². The molecule has 1 N–H and O–H groups in total. The van der Waals surface area contributed by atoms with Crippen molar-refractivity contribution in [3.8, 4) is 5.75 Å². The van der Waals surface area contributed by atoms with Crippen LogP contribution in [0.5, 0.6) is 5.75 Å². The largest absolute Gasteiger partial charge is 0.508 e. The minimum Gasteiger partial charge on any atom is -0.508 e. The Balaban J connectivity index is 1.75. The summed E-state index contributed by atoms with van der Waals surface area (Å²) in [7, 11) is 0. The van der Waals surface area contributed by atoms with Gasteiger partial charge in [0, 0.05) is 13.1 Å². The van der Waals surface area contributed by atoms with Gasteiger partial charge in [-0.15, -0.1) is 0 Å². The summed E-state index contributed by atoms with van der Waals surface area (Å²) in [6.45, 7) is 5.55. The average Bonchev–Trinajstić information content (AvgIpc) is 2.96. The van der Waals surface area contributed by atoms with Crippen molar-refractivity contribution in [2.75, 3.05) is 13.1 Å². The summed E-state index contributed by atoms with van der Waals surface area (Å²) in [6, 6.07) is 17.3. The number of nitrogens with zero attached hydrogens (tertiary/aromatic N) is 2. The highest BCUT2D eigenvalue weighted by molar-refractivity contribution is 5.77. The summed E-state index contributed by atoms with van der Waals surface area (Å²) >= 11 is 0. The van der Waals surface area contributed by atoms with E-state index in [9.17, 15) is 9.90 Å². The van der Waals surface area contributed by atoms with Crippen LogP contribution >= 0.6 is 0 Å². The first-order valence-corrected chi connectivity index (χ1v) is 7.99. The molecule has 120 valence electrons. The van der Waals surface area contributed by atoms with E-state index in [-0.39, 0.29) is 23.9 Å². The second-order valence-electron chi connectivity index (χ2n) is 6.02. The molecule has 23 heavy (non-hydrogen) atoms. The first kappa shape index (κ1) is 15.4. The number of urea groups is 1. The molecule has 2 aromatic carbocycles. The molecular weight excluding hydrogens is 288 g/mol. The number of carbonyl (C=O) groups excluding carboxylic acids is 1. The summed E-state index contributed by atoms with van der Waals surface area (Å²) in [6.07, 6.45) is 0. The minimum absolute atomic E-state index is 0.00364. The average molecular weight is 310 g/mol. The van der Waals surface area contributed by atoms with E-state index < -0.39 is 0 Å². The highest BCUT2D eigenvalue weighted by Gasteiger charge is 2.35. The van der Waals surface area contributed by atoms with Crippen molar-refractivity contribution in [1.29, 1.82) is 0 Å². The Morgan fingerprint density at radius 1 is 0.826 bits per heavy atom. The second-order valence-corrected chi connectivity index (χ2v) is 6.02. The molecule has 2 atom stereocenters. The van der Waals surface area contributed by atoms with Crippen LogP contribution in [-0.4, -0.2) is 34.0 Å². The maximum Gasteiger partial charge on any atom is 0.321 e. The lowest BCUT2D eigenvalue weighted by molar-refractivity contribution is 0.170. The van der Waals surface area contributed by atoms with Gasteiger partial charge >= 0.3 is 6.03 Å². The Morgan fingerprint density at radius 2 is 1.30 bits per heavy atom. The highest BCUT2D eigenvalue weighted by atomic mass is 16.3. The standard InChI is InChI=1S/C19H22N2O2/c1-14(16-6-4-3-5-7-16)20-12-13-21(19(20)23)15(2)17-8-10-18(22)11-9-17/h3-11,14-15,22H,12-13H2,1-2H3/t14-,15-/m0/s1. The van der Waals surface area contributed by atoms with E-state index in [1.165, 1.54) is 0 Å². The zero-order valence-electron chi connectivity index (χ0n) is 13.5. The Morgan fingerprint density at radius 3 is 1.83 bits per heavy atom. The van der Waals surface area contributed by atoms with Crippen molar-refractivity contribution in [2.45, 2.75) is 25.9 Å². The molecule has 1 aliphatic heterocycles. The lowest BCUT2D eigenvalue weighted by atomic mass is 10.1. The maximum atomic E-state index is 12.8. The number of phenols is 1. The summed E-state index contributed by atoms with van der Waals surface area (Å²) in [5.74, 6) is 0.244. The number of carbonyl (C=O) groups is 1. The molecule has 0 spiro atoms. The third-order valence-corrected chi connectivity index (χ3v) is 4.67. The molecule has 0 aliphatic carbocycles. The van der Waals surface area contributed by atoms with Crippen LogP contribution in [0.4, 0.5) is 4.79 Å². The van der Waals surface area contributed by atoms with Gasteiger partial charge in [-0.05, 0) is 37.1 Å². The molecular formula is C19H22N2O2. The van der Waals surface area contributed by atoms with Crippen molar-refractivity contribution < 1.29 is 9.90 Å². The SMILES string of the molecule is C[C@@H](c1ccccc1)N1CCN([C@@H](C)c2ccc(O)cc2)C1=O. The molecule has 1 aliphatic rings. The number of rotatable bonds is 4. The predicted octanol–water partition coefficient (Wildman–Crippen LogP) is 3.95. The van der Waals surface area contributed by atoms with Crippen LogP contribution in [0.25, 0.3) is 0 Å². The molecule has 0 saturated carbocycles. The normalized spacial score (nSPS) is 17.4. The quantitative estimate of drug-likeness (QED) is 0.929. The Labute approximate surface area is 137 Å². The fourth-order valence-corrected chi connectivity index (χ4v) is 3.13. The molecule has 1 saturated heterocycles.